The predicted octanol–water partition coefficient (Wildman–Crippen LogP) is 3.20. The van der Waals surface area contributed by atoms with E-state index in [0.717, 1.165) is 5.92 Å². The van der Waals surface area contributed by atoms with Gasteiger partial charge in [-0.15, -0.1) is 0 Å². The number of nitrogens with one attached hydrogen (secondary N) is 1. The van der Waals surface area contributed by atoms with Crippen molar-refractivity contribution in [2.75, 3.05) is 13.1 Å². The second-order valence-corrected chi connectivity index (χ2v) is 3.65. The van der Waals surface area contributed by atoms with E-state index in [1.807, 2.05) is 0 Å². The number of hydrogen-bond donors (Lipinski definition) is 1. The van der Waals surface area contributed by atoms with E-state index >= 15 is 0 Å². The molecule has 12 heavy (non-hydrogen) atoms. The summed E-state index contributed by atoms with van der Waals surface area (Å²) >= 11 is 0. The summed E-state index contributed by atoms with van der Waals surface area (Å²) in [6.45, 7) is 9.20. The summed E-state index contributed by atoms with van der Waals surface area (Å²) in [5.41, 5.74) is 0. The maximum Gasteiger partial charge on any atom is -0.00205 e. The molecule has 1 heteroatoms. The van der Waals surface area contributed by atoms with Crippen LogP contribution in [-0.2, 0) is 0 Å². The molecule has 0 aliphatic carbocycles. The fourth-order valence-electron chi connectivity index (χ4n) is 1.65. The lowest BCUT2D eigenvalue weighted by Crippen LogP contribution is -2.23. The van der Waals surface area contributed by atoms with E-state index in [2.05, 4.69) is 26.1 Å². The van der Waals surface area contributed by atoms with Gasteiger partial charge in [-0.05, 0) is 38.3 Å². The first-order chi connectivity index (χ1) is 5.85. The zero-order valence-electron chi connectivity index (χ0n) is 9.03. The average molecular weight is 171 g/mol. The second kappa shape index (κ2) is 9.05. The molecule has 0 fully saturated rings. The van der Waals surface area contributed by atoms with Gasteiger partial charge in [0.1, 0.15) is 0 Å². The van der Waals surface area contributed by atoms with Gasteiger partial charge in [0.2, 0.25) is 0 Å². The van der Waals surface area contributed by atoms with Crippen molar-refractivity contribution in [3.63, 3.8) is 0 Å². The second-order valence-electron chi connectivity index (χ2n) is 3.65. The third-order valence-corrected chi connectivity index (χ3v) is 2.25. The van der Waals surface area contributed by atoms with Gasteiger partial charge in [0, 0.05) is 0 Å². The normalized spacial score (nSPS) is 11.0. The van der Waals surface area contributed by atoms with Crippen LogP contribution >= 0.6 is 0 Å². The van der Waals surface area contributed by atoms with Gasteiger partial charge in [0.05, 0.1) is 0 Å². The molecule has 0 aliphatic heterocycles. The molecular formula is C11H25N. The zero-order chi connectivity index (χ0) is 9.23. The van der Waals surface area contributed by atoms with Crippen LogP contribution in [0.3, 0.4) is 0 Å². The summed E-state index contributed by atoms with van der Waals surface area (Å²) in [7, 11) is 0. The largest absolute Gasteiger partial charge is 0.316 e. The van der Waals surface area contributed by atoms with E-state index < -0.39 is 0 Å². The summed E-state index contributed by atoms with van der Waals surface area (Å²) in [5, 5.41) is 3.50. The summed E-state index contributed by atoms with van der Waals surface area (Å²) in [5.74, 6) is 0.923. The van der Waals surface area contributed by atoms with Crippen molar-refractivity contribution >= 4 is 0 Å². The molecule has 0 saturated carbocycles. The summed E-state index contributed by atoms with van der Waals surface area (Å²) < 4.78 is 0. The molecule has 0 atom stereocenters. The van der Waals surface area contributed by atoms with Crippen LogP contribution in [0, 0.1) is 5.92 Å². The van der Waals surface area contributed by atoms with E-state index in [1.54, 1.807) is 0 Å². The number of rotatable bonds is 8. The molecule has 0 aliphatic rings. The molecule has 0 aromatic heterocycles. The Morgan fingerprint density at radius 1 is 0.917 bits per heavy atom. The molecule has 0 amide bonds. The van der Waals surface area contributed by atoms with E-state index in [1.165, 1.54) is 45.2 Å². The first-order valence-electron chi connectivity index (χ1n) is 5.55. The van der Waals surface area contributed by atoms with Gasteiger partial charge in [-0.3, -0.25) is 0 Å². The van der Waals surface area contributed by atoms with Crippen molar-refractivity contribution in [2.24, 2.45) is 5.92 Å². The van der Waals surface area contributed by atoms with E-state index in [4.69, 9.17) is 0 Å². The third kappa shape index (κ3) is 6.66. The van der Waals surface area contributed by atoms with Gasteiger partial charge in [0.25, 0.3) is 0 Å². The zero-order valence-corrected chi connectivity index (χ0v) is 9.03. The minimum Gasteiger partial charge on any atom is -0.316 e. The monoisotopic (exact) mass is 171 g/mol. The van der Waals surface area contributed by atoms with Gasteiger partial charge < -0.3 is 5.32 Å². The molecule has 0 rings (SSSR count). The van der Waals surface area contributed by atoms with Gasteiger partial charge in [-0.1, -0.05) is 33.6 Å². The quantitative estimate of drug-likeness (QED) is 0.553. The minimum atomic E-state index is 0.923. The highest BCUT2D eigenvalue weighted by Crippen LogP contribution is 2.11. The van der Waals surface area contributed by atoms with Crippen LogP contribution in [-0.4, -0.2) is 13.1 Å². The van der Waals surface area contributed by atoms with Crippen molar-refractivity contribution in [3.05, 3.63) is 0 Å². The Kier molecular flexibility index (Phi) is 9.02. The molecule has 0 spiro atoms. The van der Waals surface area contributed by atoms with Crippen LogP contribution in [0.15, 0.2) is 0 Å². The SMILES string of the molecule is CCCNCC(CCC)CCC. The highest BCUT2D eigenvalue weighted by atomic mass is 14.8. The van der Waals surface area contributed by atoms with Crippen LogP contribution < -0.4 is 5.32 Å². The molecule has 0 bridgehead atoms. The Morgan fingerprint density at radius 3 is 1.92 bits per heavy atom. The van der Waals surface area contributed by atoms with E-state index in [-0.39, 0.29) is 0 Å². The van der Waals surface area contributed by atoms with Gasteiger partial charge in [0.15, 0.2) is 0 Å². The summed E-state index contributed by atoms with van der Waals surface area (Å²) in [6, 6.07) is 0. The first kappa shape index (κ1) is 12.0. The first-order valence-corrected chi connectivity index (χ1v) is 5.55. The Balaban J connectivity index is 3.34. The molecule has 1 nitrogen and oxygen atoms in total. The van der Waals surface area contributed by atoms with E-state index in [0.29, 0.717) is 0 Å². The molecular weight excluding hydrogens is 146 g/mol. The molecule has 1 N–H and O–H groups in total. The summed E-state index contributed by atoms with van der Waals surface area (Å²) in [6.07, 6.45) is 6.71. The van der Waals surface area contributed by atoms with Crippen molar-refractivity contribution in [1.82, 2.24) is 5.32 Å². The molecule has 0 aromatic rings. The van der Waals surface area contributed by atoms with Gasteiger partial charge >= 0.3 is 0 Å². The van der Waals surface area contributed by atoms with Crippen LogP contribution in [0.2, 0.25) is 0 Å². The van der Waals surface area contributed by atoms with E-state index in [9.17, 15) is 0 Å². The maximum absolute atomic E-state index is 3.50. The van der Waals surface area contributed by atoms with Crippen molar-refractivity contribution in [2.45, 2.75) is 52.9 Å². The van der Waals surface area contributed by atoms with Gasteiger partial charge in [-0.25, -0.2) is 0 Å². The van der Waals surface area contributed by atoms with Crippen LogP contribution in [0.1, 0.15) is 52.9 Å². The Bertz CT molecular complexity index is 75.1. The third-order valence-electron chi connectivity index (χ3n) is 2.25. The van der Waals surface area contributed by atoms with Crippen LogP contribution in [0.25, 0.3) is 0 Å². The van der Waals surface area contributed by atoms with Crippen LogP contribution in [0.4, 0.5) is 0 Å². The smallest absolute Gasteiger partial charge is 0.00205 e. The molecule has 0 saturated heterocycles. The molecule has 0 heterocycles. The molecule has 0 aromatic carbocycles. The summed E-state index contributed by atoms with van der Waals surface area (Å²) in [4.78, 5) is 0. The molecule has 0 unspecified atom stereocenters. The molecule has 0 radical (unpaired) electrons. The Hall–Kier alpha value is -0.0400. The minimum absolute atomic E-state index is 0.923. The molecule has 74 valence electrons. The fraction of sp³-hybridized carbons (Fsp3) is 1.00. The number of hydrogen-bond acceptors (Lipinski definition) is 1. The van der Waals surface area contributed by atoms with Crippen molar-refractivity contribution in [1.29, 1.82) is 0 Å². The lowest BCUT2D eigenvalue weighted by Gasteiger charge is -2.15. The van der Waals surface area contributed by atoms with Crippen LogP contribution in [0.5, 0.6) is 0 Å². The Labute approximate surface area is 77.9 Å². The lowest BCUT2D eigenvalue weighted by molar-refractivity contribution is 0.411. The van der Waals surface area contributed by atoms with Crippen molar-refractivity contribution < 1.29 is 0 Å². The lowest BCUT2D eigenvalue weighted by atomic mass is 9.98. The average Bonchev–Trinajstić information content (AvgIpc) is 2.06. The highest BCUT2D eigenvalue weighted by Gasteiger charge is 2.04. The fourth-order valence-corrected chi connectivity index (χ4v) is 1.65. The van der Waals surface area contributed by atoms with Gasteiger partial charge in [-0.2, -0.15) is 0 Å². The predicted molar refractivity (Wildman–Crippen MR) is 56.5 cm³/mol. The topological polar surface area (TPSA) is 12.0 Å². The highest BCUT2D eigenvalue weighted by molar-refractivity contribution is 4.61. The Morgan fingerprint density at radius 2 is 1.50 bits per heavy atom. The standard InChI is InChI=1S/C11H25N/c1-4-7-11(8-5-2)10-12-9-6-3/h11-12H,4-10H2,1-3H3. The maximum atomic E-state index is 3.50. The van der Waals surface area contributed by atoms with Crippen molar-refractivity contribution in [3.8, 4) is 0 Å².